The zero-order valence-electron chi connectivity index (χ0n) is 13.3. The number of rotatable bonds is 8. The number of carbonyl (C=O) groups excluding carboxylic acids is 1. The number of alkyl carbamates (subject to hydrolysis) is 1. The van der Waals surface area contributed by atoms with Gasteiger partial charge in [0.1, 0.15) is 0 Å². The molecule has 0 aliphatic heterocycles. The smallest absolute Gasteiger partial charge is 0.407 e. The third kappa shape index (κ3) is 6.63. The molecule has 21 heavy (non-hydrogen) atoms. The van der Waals surface area contributed by atoms with Crippen LogP contribution < -0.4 is 5.32 Å². The van der Waals surface area contributed by atoms with Crippen LogP contribution in [0.2, 0.25) is 0 Å². The molecule has 0 spiro atoms. The molecule has 0 aliphatic carbocycles. The van der Waals surface area contributed by atoms with Gasteiger partial charge in [-0.05, 0) is 49.8 Å². The fourth-order valence-electron chi connectivity index (χ4n) is 2.03. The second-order valence-electron chi connectivity index (χ2n) is 5.47. The van der Waals surface area contributed by atoms with Crippen LogP contribution in [0.5, 0.6) is 0 Å². The van der Waals surface area contributed by atoms with Crippen LogP contribution in [-0.2, 0) is 11.2 Å². The number of carbonyl (C=O) groups is 1. The van der Waals surface area contributed by atoms with Gasteiger partial charge in [0.2, 0.25) is 0 Å². The quantitative estimate of drug-likeness (QED) is 0.724. The first-order valence-electron chi connectivity index (χ1n) is 7.67. The number of hydrogen-bond donors (Lipinski definition) is 2. The molecule has 1 amide bonds. The molecule has 4 nitrogen and oxygen atoms in total. The Hall–Kier alpha value is -1.55. The largest absolute Gasteiger partial charge is 0.450 e. The Morgan fingerprint density at radius 1 is 1.33 bits per heavy atom. The van der Waals surface area contributed by atoms with E-state index in [4.69, 9.17) is 4.74 Å². The summed E-state index contributed by atoms with van der Waals surface area (Å²) >= 11 is 0. The first-order valence-corrected chi connectivity index (χ1v) is 7.67. The van der Waals surface area contributed by atoms with Crippen LogP contribution in [0.3, 0.4) is 0 Å². The Bertz CT molecular complexity index is 446. The van der Waals surface area contributed by atoms with Gasteiger partial charge in [-0.15, -0.1) is 0 Å². The van der Waals surface area contributed by atoms with Crippen molar-refractivity contribution in [2.45, 2.75) is 52.5 Å². The Kier molecular flexibility index (Phi) is 7.83. The molecule has 0 radical (unpaired) electrons. The van der Waals surface area contributed by atoms with Crippen LogP contribution in [0.25, 0.3) is 0 Å². The predicted octanol–water partition coefficient (Wildman–Crippen LogP) is 3.12. The molecule has 0 saturated heterocycles. The lowest BCUT2D eigenvalue weighted by Crippen LogP contribution is -2.38. The Labute approximate surface area is 127 Å². The fraction of sp³-hybridized carbons (Fsp3) is 0.588. The molecule has 1 atom stereocenters. The first kappa shape index (κ1) is 17.5. The summed E-state index contributed by atoms with van der Waals surface area (Å²) in [5, 5.41) is 12.1. The van der Waals surface area contributed by atoms with Gasteiger partial charge in [-0.25, -0.2) is 4.79 Å². The van der Waals surface area contributed by atoms with E-state index in [1.54, 1.807) is 0 Å². The zero-order valence-corrected chi connectivity index (χ0v) is 13.3. The lowest BCUT2D eigenvalue weighted by Gasteiger charge is -2.16. The maximum Gasteiger partial charge on any atom is 0.407 e. The highest BCUT2D eigenvalue weighted by molar-refractivity contribution is 5.67. The van der Waals surface area contributed by atoms with Crippen molar-refractivity contribution in [1.29, 1.82) is 0 Å². The van der Waals surface area contributed by atoms with Crippen molar-refractivity contribution < 1.29 is 14.6 Å². The van der Waals surface area contributed by atoms with E-state index in [2.05, 4.69) is 37.4 Å². The van der Waals surface area contributed by atoms with Crippen LogP contribution >= 0.6 is 0 Å². The summed E-state index contributed by atoms with van der Waals surface area (Å²) in [7, 11) is 0. The topological polar surface area (TPSA) is 58.6 Å². The monoisotopic (exact) mass is 293 g/mol. The first-order chi connectivity index (χ1) is 10.1. The second-order valence-corrected chi connectivity index (χ2v) is 5.47. The van der Waals surface area contributed by atoms with E-state index >= 15 is 0 Å². The highest BCUT2D eigenvalue weighted by atomic mass is 16.5. The van der Waals surface area contributed by atoms with E-state index in [1.807, 2.05) is 6.92 Å². The molecule has 2 N–H and O–H groups in total. The van der Waals surface area contributed by atoms with Gasteiger partial charge in [0.05, 0.1) is 19.3 Å². The summed E-state index contributed by atoms with van der Waals surface area (Å²) < 4.78 is 5.04. The third-order valence-electron chi connectivity index (χ3n) is 3.63. The summed E-state index contributed by atoms with van der Waals surface area (Å²) in [5.41, 5.74) is 3.76. The average Bonchev–Trinajstić information content (AvgIpc) is 2.47. The lowest BCUT2D eigenvalue weighted by atomic mass is 10.0. The standard InChI is InChI=1S/C17H27NO3/c1-4-5-10-21-17(20)18-16(12-19)9-8-15-7-6-13(2)14(3)11-15/h6-7,11,16,19H,4-5,8-10,12H2,1-3H3,(H,18,20). The minimum Gasteiger partial charge on any atom is -0.450 e. The molecule has 4 heteroatoms. The van der Waals surface area contributed by atoms with E-state index in [0.717, 1.165) is 19.3 Å². The van der Waals surface area contributed by atoms with Crippen molar-refractivity contribution in [3.63, 3.8) is 0 Å². The average molecular weight is 293 g/mol. The van der Waals surface area contributed by atoms with Gasteiger partial charge >= 0.3 is 6.09 Å². The molecule has 0 heterocycles. The molecule has 1 rings (SSSR count). The minimum absolute atomic E-state index is 0.0757. The minimum atomic E-state index is -0.442. The second kappa shape index (κ2) is 9.40. The van der Waals surface area contributed by atoms with Gasteiger partial charge in [-0.1, -0.05) is 31.5 Å². The molecule has 0 aliphatic rings. The van der Waals surface area contributed by atoms with Crippen LogP contribution in [0.15, 0.2) is 18.2 Å². The number of aliphatic hydroxyl groups excluding tert-OH is 1. The number of hydrogen-bond acceptors (Lipinski definition) is 3. The molecule has 0 aromatic heterocycles. The van der Waals surface area contributed by atoms with Crippen LogP contribution in [0, 0.1) is 13.8 Å². The van der Waals surface area contributed by atoms with Crippen molar-refractivity contribution in [1.82, 2.24) is 5.32 Å². The van der Waals surface area contributed by atoms with E-state index in [0.29, 0.717) is 13.0 Å². The van der Waals surface area contributed by atoms with Gasteiger partial charge in [-0.3, -0.25) is 0 Å². The lowest BCUT2D eigenvalue weighted by molar-refractivity contribution is 0.133. The van der Waals surface area contributed by atoms with E-state index in [1.165, 1.54) is 16.7 Å². The van der Waals surface area contributed by atoms with Crippen molar-refractivity contribution in [2.24, 2.45) is 0 Å². The molecule has 0 fully saturated rings. The number of aliphatic hydroxyl groups is 1. The van der Waals surface area contributed by atoms with Gasteiger partial charge in [0.15, 0.2) is 0 Å². The SMILES string of the molecule is CCCCOC(=O)NC(CO)CCc1ccc(C)c(C)c1. The Balaban J connectivity index is 2.39. The summed E-state index contributed by atoms with van der Waals surface area (Å²) in [6.45, 7) is 6.57. The van der Waals surface area contributed by atoms with E-state index < -0.39 is 6.09 Å². The van der Waals surface area contributed by atoms with Crippen molar-refractivity contribution in [3.8, 4) is 0 Å². The number of ether oxygens (including phenoxy) is 1. The molecule has 1 aromatic rings. The Morgan fingerprint density at radius 3 is 2.71 bits per heavy atom. The molecule has 1 aromatic carbocycles. The van der Waals surface area contributed by atoms with Crippen LogP contribution in [0.4, 0.5) is 4.79 Å². The van der Waals surface area contributed by atoms with Crippen molar-refractivity contribution in [2.75, 3.05) is 13.2 Å². The molecular formula is C17H27NO3. The van der Waals surface area contributed by atoms with E-state index in [-0.39, 0.29) is 12.6 Å². The van der Waals surface area contributed by atoms with Gasteiger partial charge < -0.3 is 15.2 Å². The summed E-state index contributed by atoms with van der Waals surface area (Å²) in [4.78, 5) is 11.6. The summed E-state index contributed by atoms with van der Waals surface area (Å²) in [6, 6.07) is 6.09. The van der Waals surface area contributed by atoms with Crippen LogP contribution in [0.1, 0.15) is 42.9 Å². The van der Waals surface area contributed by atoms with Gasteiger partial charge in [0.25, 0.3) is 0 Å². The number of nitrogens with one attached hydrogen (secondary N) is 1. The van der Waals surface area contributed by atoms with Crippen molar-refractivity contribution in [3.05, 3.63) is 34.9 Å². The number of aryl methyl sites for hydroxylation is 3. The predicted molar refractivity (Wildman–Crippen MR) is 84.5 cm³/mol. The molecule has 1 unspecified atom stereocenters. The highest BCUT2D eigenvalue weighted by Gasteiger charge is 2.12. The fourth-order valence-corrected chi connectivity index (χ4v) is 2.03. The normalized spacial score (nSPS) is 12.0. The van der Waals surface area contributed by atoms with Crippen molar-refractivity contribution >= 4 is 6.09 Å². The maximum atomic E-state index is 11.6. The van der Waals surface area contributed by atoms with Crippen LogP contribution in [-0.4, -0.2) is 30.5 Å². The molecule has 0 saturated carbocycles. The number of benzene rings is 1. The zero-order chi connectivity index (χ0) is 15.7. The van der Waals surface area contributed by atoms with E-state index in [9.17, 15) is 9.90 Å². The maximum absolute atomic E-state index is 11.6. The Morgan fingerprint density at radius 2 is 2.10 bits per heavy atom. The number of unbranched alkanes of at least 4 members (excludes halogenated alkanes) is 1. The molecule has 0 bridgehead atoms. The number of amides is 1. The summed E-state index contributed by atoms with van der Waals surface area (Å²) in [5.74, 6) is 0. The highest BCUT2D eigenvalue weighted by Crippen LogP contribution is 2.12. The third-order valence-corrected chi connectivity index (χ3v) is 3.63. The molecular weight excluding hydrogens is 266 g/mol. The molecule has 118 valence electrons. The van der Waals surface area contributed by atoms with Gasteiger partial charge in [0, 0.05) is 0 Å². The summed E-state index contributed by atoms with van der Waals surface area (Å²) in [6.07, 6.45) is 2.93. The van der Waals surface area contributed by atoms with Gasteiger partial charge in [-0.2, -0.15) is 0 Å².